The highest BCUT2D eigenvalue weighted by Gasteiger charge is 2.20. The van der Waals surface area contributed by atoms with Gasteiger partial charge < -0.3 is 4.74 Å². The molecule has 0 N–H and O–H groups in total. The number of benzene rings is 2. The number of nitrogens with zero attached hydrogens (tertiary/aromatic N) is 1. The highest BCUT2D eigenvalue weighted by atomic mass is 16.5. The fourth-order valence-electron chi connectivity index (χ4n) is 2.28. The monoisotopic (exact) mass is 305 g/mol. The lowest BCUT2D eigenvalue weighted by Crippen LogP contribution is -2.08. The van der Waals surface area contributed by atoms with Crippen molar-refractivity contribution in [3.8, 4) is 0 Å². The van der Waals surface area contributed by atoms with Crippen molar-refractivity contribution in [1.29, 1.82) is 0 Å². The van der Waals surface area contributed by atoms with Crippen LogP contribution in [0.3, 0.4) is 0 Å². The second kappa shape index (κ2) is 7.42. The SMILES string of the molecule is [C-]#[N+]C(C(=O)OCC)=C(c1ccc(C)cc1)c1ccc(C)cc1. The number of hydrogen-bond donors (Lipinski definition) is 0. The van der Waals surface area contributed by atoms with Crippen LogP contribution in [0.25, 0.3) is 10.4 Å². The molecule has 0 bridgehead atoms. The molecule has 0 atom stereocenters. The standard InChI is InChI=1S/C20H19NO2/c1-5-23-20(22)19(21-4)18(16-10-6-14(2)7-11-16)17-12-8-15(3)9-13-17/h6-13H,5H2,1-3H3. The van der Waals surface area contributed by atoms with E-state index >= 15 is 0 Å². The van der Waals surface area contributed by atoms with E-state index in [1.54, 1.807) is 6.92 Å². The van der Waals surface area contributed by atoms with Crippen LogP contribution < -0.4 is 0 Å². The molecular formula is C20H19NO2. The molecule has 0 aliphatic carbocycles. The summed E-state index contributed by atoms with van der Waals surface area (Å²) in [5.41, 5.74) is 4.53. The molecule has 2 aromatic carbocycles. The third kappa shape index (κ3) is 3.87. The molecule has 0 fully saturated rings. The Balaban J connectivity index is 2.68. The van der Waals surface area contributed by atoms with Gasteiger partial charge in [-0.05, 0) is 31.9 Å². The van der Waals surface area contributed by atoms with E-state index in [9.17, 15) is 4.79 Å². The molecule has 0 heterocycles. The molecule has 0 amide bonds. The maximum Gasteiger partial charge on any atom is 0.336 e. The van der Waals surface area contributed by atoms with Gasteiger partial charge in [0.2, 0.25) is 0 Å². The summed E-state index contributed by atoms with van der Waals surface area (Å²) in [7, 11) is 0. The smallest absolute Gasteiger partial charge is 0.336 e. The predicted molar refractivity (Wildman–Crippen MR) is 91.6 cm³/mol. The van der Waals surface area contributed by atoms with Gasteiger partial charge in [-0.1, -0.05) is 59.7 Å². The molecule has 0 aromatic heterocycles. The van der Waals surface area contributed by atoms with Crippen LogP contribution in [0.4, 0.5) is 0 Å². The minimum Gasteiger partial charge on any atom is -0.471 e. The Morgan fingerprint density at radius 2 is 1.39 bits per heavy atom. The summed E-state index contributed by atoms with van der Waals surface area (Å²) in [5, 5.41) is 0. The molecule has 23 heavy (non-hydrogen) atoms. The summed E-state index contributed by atoms with van der Waals surface area (Å²) in [6.07, 6.45) is 0. The first kappa shape index (κ1) is 16.5. The molecule has 2 rings (SSSR count). The van der Waals surface area contributed by atoms with Crippen LogP contribution in [0.2, 0.25) is 0 Å². The number of ether oxygens (including phenoxy) is 1. The zero-order chi connectivity index (χ0) is 16.8. The highest BCUT2D eigenvalue weighted by molar-refractivity contribution is 6.03. The van der Waals surface area contributed by atoms with Crippen LogP contribution in [0.15, 0.2) is 54.2 Å². The molecule has 0 aliphatic heterocycles. The Labute approximate surface area is 137 Å². The molecule has 0 aliphatic rings. The minimum absolute atomic E-state index is 0.0135. The van der Waals surface area contributed by atoms with E-state index in [2.05, 4.69) is 4.85 Å². The van der Waals surface area contributed by atoms with Crippen LogP contribution in [-0.2, 0) is 9.53 Å². The van der Waals surface area contributed by atoms with Gasteiger partial charge in [0.25, 0.3) is 5.70 Å². The summed E-state index contributed by atoms with van der Waals surface area (Å²) in [6.45, 7) is 13.4. The largest absolute Gasteiger partial charge is 0.471 e. The van der Waals surface area contributed by atoms with E-state index in [-0.39, 0.29) is 12.3 Å². The topological polar surface area (TPSA) is 30.7 Å². The maximum atomic E-state index is 12.2. The number of hydrogen-bond acceptors (Lipinski definition) is 2. The van der Waals surface area contributed by atoms with E-state index in [1.807, 2.05) is 62.4 Å². The fourth-order valence-corrected chi connectivity index (χ4v) is 2.28. The maximum absolute atomic E-state index is 12.2. The fraction of sp³-hybridized carbons (Fsp3) is 0.200. The molecule has 0 spiro atoms. The van der Waals surface area contributed by atoms with Gasteiger partial charge in [-0.2, -0.15) is 0 Å². The lowest BCUT2D eigenvalue weighted by Gasteiger charge is -2.12. The Bertz CT molecular complexity index is 715. The molecule has 2 aromatic rings. The lowest BCUT2D eigenvalue weighted by molar-refractivity contribution is -0.138. The Kier molecular flexibility index (Phi) is 5.32. The third-order valence-electron chi connectivity index (χ3n) is 3.50. The zero-order valence-corrected chi connectivity index (χ0v) is 13.6. The number of rotatable bonds is 4. The molecule has 3 heteroatoms. The average molecular weight is 305 g/mol. The van der Waals surface area contributed by atoms with Crippen molar-refractivity contribution in [3.63, 3.8) is 0 Å². The van der Waals surface area contributed by atoms with Crippen LogP contribution in [0.1, 0.15) is 29.2 Å². The Hall–Kier alpha value is -2.86. The van der Waals surface area contributed by atoms with Gasteiger partial charge in [0.1, 0.15) is 0 Å². The number of carbonyl (C=O) groups excluding carboxylic acids is 1. The highest BCUT2D eigenvalue weighted by Crippen LogP contribution is 2.29. The van der Waals surface area contributed by atoms with Crippen molar-refractivity contribution in [2.24, 2.45) is 0 Å². The van der Waals surface area contributed by atoms with Crippen LogP contribution in [0, 0.1) is 20.4 Å². The van der Waals surface area contributed by atoms with Crippen molar-refractivity contribution in [2.45, 2.75) is 20.8 Å². The molecule has 0 saturated carbocycles. The van der Waals surface area contributed by atoms with Crippen molar-refractivity contribution in [2.75, 3.05) is 6.61 Å². The first-order chi connectivity index (χ1) is 11.1. The lowest BCUT2D eigenvalue weighted by atomic mass is 9.94. The molecule has 116 valence electrons. The first-order valence-corrected chi connectivity index (χ1v) is 7.49. The summed E-state index contributed by atoms with van der Waals surface area (Å²) >= 11 is 0. The van der Waals surface area contributed by atoms with Gasteiger partial charge in [-0.25, -0.2) is 4.85 Å². The number of aryl methyl sites for hydroxylation is 2. The first-order valence-electron chi connectivity index (χ1n) is 7.49. The van der Waals surface area contributed by atoms with E-state index < -0.39 is 5.97 Å². The second-order valence-corrected chi connectivity index (χ2v) is 5.29. The molecule has 0 unspecified atom stereocenters. The van der Waals surface area contributed by atoms with E-state index in [0.29, 0.717) is 5.57 Å². The van der Waals surface area contributed by atoms with Gasteiger partial charge in [0, 0.05) is 5.57 Å². The Morgan fingerprint density at radius 1 is 0.957 bits per heavy atom. The van der Waals surface area contributed by atoms with Crippen LogP contribution in [0.5, 0.6) is 0 Å². The normalized spacial score (nSPS) is 9.83. The van der Waals surface area contributed by atoms with Gasteiger partial charge >= 0.3 is 5.97 Å². The average Bonchev–Trinajstić information content (AvgIpc) is 2.55. The molecular weight excluding hydrogens is 286 g/mol. The van der Waals surface area contributed by atoms with Crippen LogP contribution >= 0.6 is 0 Å². The Morgan fingerprint density at radius 3 is 1.74 bits per heavy atom. The van der Waals surface area contributed by atoms with Gasteiger partial charge in [0.05, 0.1) is 13.2 Å². The van der Waals surface area contributed by atoms with Crippen LogP contribution in [-0.4, -0.2) is 12.6 Å². The van der Waals surface area contributed by atoms with Crippen molar-refractivity contribution >= 4 is 11.5 Å². The van der Waals surface area contributed by atoms with Gasteiger partial charge in [0.15, 0.2) is 0 Å². The summed E-state index contributed by atoms with van der Waals surface area (Å²) in [4.78, 5) is 15.7. The van der Waals surface area contributed by atoms with Crippen molar-refractivity contribution < 1.29 is 9.53 Å². The summed E-state index contributed by atoms with van der Waals surface area (Å²) < 4.78 is 5.06. The van der Waals surface area contributed by atoms with E-state index in [1.165, 1.54) is 0 Å². The second-order valence-electron chi connectivity index (χ2n) is 5.29. The van der Waals surface area contributed by atoms with Gasteiger partial charge in [-0.3, -0.25) is 4.79 Å². The quantitative estimate of drug-likeness (QED) is 0.471. The predicted octanol–water partition coefficient (Wildman–Crippen LogP) is 4.55. The van der Waals surface area contributed by atoms with Crippen molar-refractivity contribution in [3.05, 3.63) is 87.9 Å². The minimum atomic E-state index is -0.585. The third-order valence-corrected chi connectivity index (χ3v) is 3.50. The molecule has 3 nitrogen and oxygen atoms in total. The van der Waals surface area contributed by atoms with Crippen molar-refractivity contribution in [1.82, 2.24) is 0 Å². The van der Waals surface area contributed by atoms with Gasteiger partial charge in [-0.15, -0.1) is 0 Å². The molecule has 0 saturated heterocycles. The summed E-state index contributed by atoms with van der Waals surface area (Å²) in [6, 6.07) is 15.6. The zero-order valence-electron chi connectivity index (χ0n) is 13.6. The van der Waals surface area contributed by atoms with E-state index in [4.69, 9.17) is 11.3 Å². The number of carbonyl (C=O) groups is 1. The van der Waals surface area contributed by atoms with E-state index in [0.717, 1.165) is 22.3 Å². The molecule has 0 radical (unpaired) electrons. The summed E-state index contributed by atoms with van der Waals surface area (Å²) in [5.74, 6) is -0.585. The number of esters is 1.